The highest BCUT2D eigenvalue weighted by molar-refractivity contribution is 5.96. The number of benzene rings is 2. The summed E-state index contributed by atoms with van der Waals surface area (Å²) in [6, 6.07) is 15.0. The largest absolute Gasteiger partial charge is 0.376 e. The van der Waals surface area contributed by atoms with Crippen molar-refractivity contribution in [3.63, 3.8) is 0 Å². The van der Waals surface area contributed by atoms with Gasteiger partial charge in [-0.2, -0.15) is 0 Å². The van der Waals surface area contributed by atoms with Crippen LogP contribution in [0, 0.1) is 0 Å². The number of anilines is 2. The Balaban J connectivity index is 1.91. The van der Waals surface area contributed by atoms with Gasteiger partial charge in [-0.25, -0.2) is 0 Å². The van der Waals surface area contributed by atoms with E-state index in [4.69, 9.17) is 0 Å². The summed E-state index contributed by atoms with van der Waals surface area (Å²) >= 11 is 0. The van der Waals surface area contributed by atoms with E-state index in [0.29, 0.717) is 11.5 Å². The Morgan fingerprint density at radius 3 is 2.28 bits per heavy atom. The van der Waals surface area contributed by atoms with Crippen LogP contribution in [0.3, 0.4) is 0 Å². The van der Waals surface area contributed by atoms with Gasteiger partial charge in [-0.05, 0) is 41.8 Å². The van der Waals surface area contributed by atoms with Crippen LogP contribution in [0.2, 0.25) is 0 Å². The molecule has 2 N–H and O–H groups in total. The van der Waals surface area contributed by atoms with E-state index in [0.717, 1.165) is 11.4 Å². The molecule has 0 fully saturated rings. The lowest BCUT2D eigenvalue weighted by atomic mass is 10.0. The molecule has 2 aromatic rings. The molecule has 0 bridgehead atoms. The minimum Gasteiger partial charge on any atom is -0.376 e. The Morgan fingerprint density at radius 1 is 1.00 bits per heavy atom. The molecule has 0 radical (unpaired) electrons. The van der Waals surface area contributed by atoms with Gasteiger partial charge in [-0.1, -0.05) is 32.0 Å². The summed E-state index contributed by atoms with van der Waals surface area (Å²) in [5.41, 5.74) is 3.32. The molecule has 2 rings (SSSR count). The third-order valence-corrected chi connectivity index (χ3v) is 3.83. The number of carbonyl (C=O) groups is 2. The van der Waals surface area contributed by atoms with Gasteiger partial charge in [-0.15, -0.1) is 0 Å². The van der Waals surface area contributed by atoms with Gasteiger partial charge in [0.2, 0.25) is 5.91 Å². The van der Waals surface area contributed by atoms with Gasteiger partial charge < -0.3 is 15.5 Å². The van der Waals surface area contributed by atoms with E-state index in [1.165, 1.54) is 10.5 Å². The number of hydrogen-bond donors (Lipinski definition) is 2. The van der Waals surface area contributed by atoms with Crippen LogP contribution in [0.15, 0.2) is 48.5 Å². The first-order valence-electron chi connectivity index (χ1n) is 8.32. The molecule has 0 aromatic heterocycles. The summed E-state index contributed by atoms with van der Waals surface area (Å²) in [5, 5.41) is 5.90. The van der Waals surface area contributed by atoms with Crippen molar-refractivity contribution in [2.45, 2.75) is 19.8 Å². The molecule has 25 heavy (non-hydrogen) atoms. The molecule has 0 saturated carbocycles. The molecule has 0 atom stereocenters. The molecule has 0 aliphatic carbocycles. The predicted molar refractivity (Wildman–Crippen MR) is 102 cm³/mol. The second kappa shape index (κ2) is 8.33. The van der Waals surface area contributed by atoms with Crippen LogP contribution in [0.4, 0.5) is 11.4 Å². The maximum Gasteiger partial charge on any atom is 0.253 e. The summed E-state index contributed by atoms with van der Waals surface area (Å²) < 4.78 is 0. The van der Waals surface area contributed by atoms with Crippen molar-refractivity contribution in [1.29, 1.82) is 0 Å². The van der Waals surface area contributed by atoms with E-state index >= 15 is 0 Å². The van der Waals surface area contributed by atoms with E-state index in [1.54, 1.807) is 32.3 Å². The molecular formula is C20H25N3O2. The van der Waals surface area contributed by atoms with Crippen LogP contribution in [-0.2, 0) is 4.79 Å². The molecule has 132 valence electrons. The molecule has 0 unspecified atom stereocenters. The molecule has 2 amide bonds. The Kier molecular flexibility index (Phi) is 6.17. The summed E-state index contributed by atoms with van der Waals surface area (Å²) in [6.07, 6.45) is 0. The first kappa shape index (κ1) is 18.5. The fourth-order valence-electron chi connectivity index (χ4n) is 2.36. The molecule has 0 spiro atoms. The summed E-state index contributed by atoms with van der Waals surface area (Å²) in [4.78, 5) is 25.6. The molecule has 0 saturated heterocycles. The fourth-order valence-corrected chi connectivity index (χ4v) is 2.36. The zero-order chi connectivity index (χ0) is 18.4. The standard InChI is InChI=1S/C20H25N3O2/c1-14(2)15-8-10-17(11-9-15)22-19(24)13-21-18-7-5-6-16(12-18)20(25)23(3)4/h5-12,14,21H,13H2,1-4H3,(H,22,24). The van der Waals surface area contributed by atoms with E-state index in [-0.39, 0.29) is 18.4 Å². The number of rotatable bonds is 6. The summed E-state index contributed by atoms with van der Waals surface area (Å²) in [5.74, 6) is 0.253. The summed E-state index contributed by atoms with van der Waals surface area (Å²) in [7, 11) is 3.42. The molecule has 5 nitrogen and oxygen atoms in total. The number of nitrogens with one attached hydrogen (secondary N) is 2. The van der Waals surface area contributed by atoms with Crippen molar-refractivity contribution in [2.24, 2.45) is 0 Å². The zero-order valence-corrected chi connectivity index (χ0v) is 15.2. The van der Waals surface area contributed by atoms with Crippen molar-refractivity contribution in [3.8, 4) is 0 Å². The Hall–Kier alpha value is -2.82. The predicted octanol–water partition coefficient (Wildman–Crippen LogP) is 3.56. The highest BCUT2D eigenvalue weighted by Gasteiger charge is 2.09. The van der Waals surface area contributed by atoms with Crippen LogP contribution in [0.5, 0.6) is 0 Å². The van der Waals surface area contributed by atoms with Crippen LogP contribution in [0.1, 0.15) is 35.7 Å². The first-order valence-corrected chi connectivity index (χ1v) is 8.32. The van der Waals surface area contributed by atoms with Gasteiger partial charge >= 0.3 is 0 Å². The third-order valence-electron chi connectivity index (χ3n) is 3.83. The monoisotopic (exact) mass is 339 g/mol. The number of carbonyl (C=O) groups excluding carboxylic acids is 2. The topological polar surface area (TPSA) is 61.4 Å². The molecule has 2 aromatic carbocycles. The lowest BCUT2D eigenvalue weighted by molar-refractivity contribution is -0.114. The first-order chi connectivity index (χ1) is 11.9. The molecule has 5 heteroatoms. The van der Waals surface area contributed by atoms with E-state index in [9.17, 15) is 9.59 Å². The number of amides is 2. The second-order valence-corrected chi connectivity index (χ2v) is 6.46. The third kappa shape index (κ3) is 5.35. The quantitative estimate of drug-likeness (QED) is 0.846. The SMILES string of the molecule is CC(C)c1ccc(NC(=O)CNc2cccc(C(=O)N(C)C)c2)cc1. The van der Waals surface area contributed by atoms with Crippen molar-refractivity contribution >= 4 is 23.2 Å². The van der Waals surface area contributed by atoms with Crippen LogP contribution >= 0.6 is 0 Å². The van der Waals surface area contributed by atoms with Crippen molar-refractivity contribution < 1.29 is 9.59 Å². The van der Waals surface area contributed by atoms with Gasteiger partial charge in [0.15, 0.2) is 0 Å². The van der Waals surface area contributed by atoms with Crippen molar-refractivity contribution in [3.05, 3.63) is 59.7 Å². The Bertz CT molecular complexity index is 737. The minimum absolute atomic E-state index is 0.0710. The minimum atomic E-state index is -0.137. The normalized spacial score (nSPS) is 10.4. The summed E-state index contributed by atoms with van der Waals surface area (Å²) in [6.45, 7) is 4.39. The maximum atomic E-state index is 12.1. The smallest absolute Gasteiger partial charge is 0.253 e. The van der Waals surface area contributed by atoms with E-state index < -0.39 is 0 Å². The lowest BCUT2D eigenvalue weighted by Gasteiger charge is -2.12. The Labute approximate surface area is 149 Å². The average molecular weight is 339 g/mol. The molecule has 0 aliphatic rings. The van der Waals surface area contributed by atoms with Crippen molar-refractivity contribution in [2.75, 3.05) is 31.3 Å². The molecular weight excluding hydrogens is 314 g/mol. The second-order valence-electron chi connectivity index (χ2n) is 6.46. The number of hydrogen-bond acceptors (Lipinski definition) is 3. The van der Waals surface area contributed by atoms with Crippen LogP contribution < -0.4 is 10.6 Å². The van der Waals surface area contributed by atoms with Gasteiger partial charge in [0, 0.05) is 31.0 Å². The zero-order valence-electron chi connectivity index (χ0n) is 15.2. The average Bonchev–Trinajstić information content (AvgIpc) is 2.60. The van der Waals surface area contributed by atoms with Gasteiger partial charge in [-0.3, -0.25) is 9.59 Å². The highest BCUT2D eigenvalue weighted by atomic mass is 16.2. The lowest BCUT2D eigenvalue weighted by Crippen LogP contribution is -2.23. The van der Waals surface area contributed by atoms with Gasteiger partial charge in [0.05, 0.1) is 6.54 Å². The van der Waals surface area contributed by atoms with Crippen LogP contribution in [-0.4, -0.2) is 37.4 Å². The van der Waals surface area contributed by atoms with Gasteiger partial charge in [0.1, 0.15) is 0 Å². The fraction of sp³-hybridized carbons (Fsp3) is 0.300. The van der Waals surface area contributed by atoms with Crippen molar-refractivity contribution in [1.82, 2.24) is 4.90 Å². The van der Waals surface area contributed by atoms with Gasteiger partial charge in [0.25, 0.3) is 5.91 Å². The van der Waals surface area contributed by atoms with E-state index in [1.807, 2.05) is 30.3 Å². The molecule has 0 heterocycles. The Morgan fingerprint density at radius 2 is 1.68 bits per heavy atom. The molecule has 0 aliphatic heterocycles. The highest BCUT2D eigenvalue weighted by Crippen LogP contribution is 2.17. The maximum absolute atomic E-state index is 12.1. The number of nitrogens with zero attached hydrogens (tertiary/aromatic N) is 1. The van der Waals surface area contributed by atoms with E-state index in [2.05, 4.69) is 24.5 Å². The van der Waals surface area contributed by atoms with Crippen LogP contribution in [0.25, 0.3) is 0 Å².